The SMILES string of the molecule is Clc1cc(Nc2ccc(-c3ccc4c5ccccc5n(-c5ccccc5)c4c3)o2)cc2sc3ccccc3c12. The first-order valence-corrected chi connectivity index (χ1v) is 14.0. The fourth-order valence-corrected chi connectivity index (χ4v) is 7.11. The van der Waals surface area contributed by atoms with Crippen LogP contribution in [0.25, 0.3) is 59.0 Å². The van der Waals surface area contributed by atoms with Crippen molar-refractivity contribution in [2.75, 3.05) is 5.32 Å². The van der Waals surface area contributed by atoms with Gasteiger partial charge in [-0.25, -0.2) is 0 Å². The fourth-order valence-electron chi connectivity index (χ4n) is 5.56. The molecule has 5 heteroatoms. The molecule has 3 heterocycles. The minimum Gasteiger partial charge on any atom is -0.440 e. The molecule has 0 amide bonds. The first-order chi connectivity index (χ1) is 19.2. The lowest BCUT2D eigenvalue weighted by molar-refractivity contribution is 0.600. The molecule has 0 saturated carbocycles. The number of benzene rings is 5. The molecular formula is C34H21ClN2OS. The molecule has 3 aromatic heterocycles. The zero-order valence-corrected chi connectivity index (χ0v) is 22.3. The summed E-state index contributed by atoms with van der Waals surface area (Å²) in [6.45, 7) is 0. The van der Waals surface area contributed by atoms with E-state index in [9.17, 15) is 0 Å². The summed E-state index contributed by atoms with van der Waals surface area (Å²) in [5, 5.41) is 8.90. The molecule has 3 nitrogen and oxygen atoms in total. The van der Waals surface area contributed by atoms with Gasteiger partial charge in [-0.3, -0.25) is 0 Å². The van der Waals surface area contributed by atoms with Crippen LogP contribution in [0.15, 0.2) is 126 Å². The predicted molar refractivity (Wildman–Crippen MR) is 166 cm³/mol. The van der Waals surface area contributed by atoms with Crippen LogP contribution in [0.5, 0.6) is 0 Å². The standard InChI is InChI=1S/C34H21ClN2OS/c35-27-19-22(20-32-34(27)26-11-5-7-13-31(26)39-32)36-33-17-16-30(38-33)21-14-15-25-24-10-4-6-12-28(24)37(29(25)18-21)23-8-2-1-3-9-23/h1-20,36H. The van der Waals surface area contributed by atoms with Gasteiger partial charge in [-0.15, -0.1) is 11.3 Å². The van der Waals surface area contributed by atoms with Gasteiger partial charge in [0.1, 0.15) is 5.76 Å². The van der Waals surface area contributed by atoms with E-state index >= 15 is 0 Å². The fraction of sp³-hybridized carbons (Fsp3) is 0. The molecule has 0 spiro atoms. The molecule has 0 unspecified atom stereocenters. The number of hydrogen-bond acceptors (Lipinski definition) is 3. The van der Waals surface area contributed by atoms with E-state index in [1.54, 1.807) is 11.3 Å². The van der Waals surface area contributed by atoms with Crippen molar-refractivity contribution in [2.45, 2.75) is 0 Å². The molecule has 0 atom stereocenters. The molecule has 0 aliphatic rings. The Bertz CT molecular complexity index is 2170. The number of rotatable bonds is 4. The number of para-hydroxylation sites is 2. The number of aromatic nitrogens is 1. The maximum absolute atomic E-state index is 6.74. The van der Waals surface area contributed by atoms with E-state index in [2.05, 4.69) is 107 Å². The normalized spacial score (nSPS) is 11.7. The summed E-state index contributed by atoms with van der Waals surface area (Å²) in [5.41, 5.74) is 5.39. The van der Waals surface area contributed by atoms with Crippen molar-refractivity contribution in [3.05, 3.63) is 126 Å². The molecule has 0 aliphatic carbocycles. The maximum atomic E-state index is 6.74. The highest BCUT2D eigenvalue weighted by molar-refractivity contribution is 7.26. The van der Waals surface area contributed by atoms with Crippen molar-refractivity contribution in [1.82, 2.24) is 4.57 Å². The molecule has 39 heavy (non-hydrogen) atoms. The topological polar surface area (TPSA) is 30.1 Å². The zero-order chi connectivity index (χ0) is 25.9. The van der Waals surface area contributed by atoms with Crippen molar-refractivity contribution >= 4 is 76.5 Å². The van der Waals surface area contributed by atoms with Crippen LogP contribution in [0.1, 0.15) is 0 Å². The molecule has 0 bridgehead atoms. The van der Waals surface area contributed by atoms with Crippen LogP contribution < -0.4 is 5.32 Å². The Morgan fingerprint density at radius 2 is 1.41 bits per heavy atom. The van der Waals surface area contributed by atoms with Gasteiger partial charge >= 0.3 is 0 Å². The Labute approximate surface area is 233 Å². The molecule has 0 radical (unpaired) electrons. The first kappa shape index (κ1) is 22.5. The maximum Gasteiger partial charge on any atom is 0.197 e. The van der Waals surface area contributed by atoms with E-state index in [0.29, 0.717) is 5.88 Å². The Hall–Kier alpha value is -4.51. The second-order valence-electron chi connectivity index (χ2n) is 9.64. The van der Waals surface area contributed by atoms with Gasteiger partial charge < -0.3 is 14.3 Å². The Kier molecular flexibility index (Phi) is 5.05. The predicted octanol–water partition coefficient (Wildman–Crippen LogP) is 10.8. The van der Waals surface area contributed by atoms with Gasteiger partial charge in [0.2, 0.25) is 0 Å². The molecular weight excluding hydrogens is 520 g/mol. The highest BCUT2D eigenvalue weighted by atomic mass is 35.5. The highest BCUT2D eigenvalue weighted by Crippen LogP contribution is 2.41. The van der Waals surface area contributed by atoms with Crippen LogP contribution in [0.4, 0.5) is 11.6 Å². The number of nitrogens with zero attached hydrogens (tertiary/aromatic N) is 1. The van der Waals surface area contributed by atoms with E-state index in [0.717, 1.165) is 43.3 Å². The number of thiophene rings is 1. The molecule has 1 N–H and O–H groups in total. The van der Waals surface area contributed by atoms with Crippen LogP contribution in [-0.2, 0) is 0 Å². The van der Waals surface area contributed by atoms with E-state index in [4.69, 9.17) is 16.0 Å². The number of hydrogen-bond donors (Lipinski definition) is 1. The minimum atomic E-state index is 0.672. The Morgan fingerprint density at radius 3 is 2.31 bits per heavy atom. The van der Waals surface area contributed by atoms with Gasteiger partial charge in [0, 0.05) is 53.9 Å². The van der Waals surface area contributed by atoms with Gasteiger partial charge in [0.25, 0.3) is 0 Å². The largest absolute Gasteiger partial charge is 0.440 e. The number of furan rings is 1. The lowest BCUT2D eigenvalue weighted by atomic mass is 10.1. The van der Waals surface area contributed by atoms with Gasteiger partial charge in [0.05, 0.1) is 16.1 Å². The van der Waals surface area contributed by atoms with E-state index in [1.165, 1.54) is 26.4 Å². The average Bonchev–Trinajstić information content (AvgIpc) is 3.67. The summed E-state index contributed by atoms with van der Waals surface area (Å²) in [5.74, 6) is 1.48. The molecule has 0 saturated heterocycles. The van der Waals surface area contributed by atoms with Gasteiger partial charge in [-0.05, 0) is 48.5 Å². The van der Waals surface area contributed by atoms with E-state index in [1.807, 2.05) is 24.3 Å². The molecule has 8 rings (SSSR count). The third kappa shape index (κ3) is 3.64. The highest BCUT2D eigenvalue weighted by Gasteiger charge is 2.15. The van der Waals surface area contributed by atoms with Crippen LogP contribution in [0.3, 0.4) is 0 Å². The van der Waals surface area contributed by atoms with Gasteiger partial charge in [0.15, 0.2) is 5.88 Å². The number of halogens is 1. The Balaban J connectivity index is 1.19. The molecule has 0 aliphatic heterocycles. The summed E-state index contributed by atoms with van der Waals surface area (Å²) in [6, 6.07) is 42.0. The second kappa shape index (κ2) is 8.77. The quantitative estimate of drug-likeness (QED) is 0.240. The lowest BCUT2D eigenvalue weighted by Gasteiger charge is -2.08. The smallest absolute Gasteiger partial charge is 0.197 e. The molecule has 5 aromatic carbocycles. The van der Waals surface area contributed by atoms with Crippen LogP contribution in [-0.4, -0.2) is 4.57 Å². The number of fused-ring (bicyclic) bond motifs is 6. The van der Waals surface area contributed by atoms with Crippen LogP contribution in [0.2, 0.25) is 5.02 Å². The van der Waals surface area contributed by atoms with Gasteiger partial charge in [-0.1, -0.05) is 78.3 Å². The summed E-state index contributed by atoms with van der Waals surface area (Å²) >= 11 is 8.49. The number of nitrogens with one attached hydrogen (secondary N) is 1. The van der Waals surface area contributed by atoms with Crippen molar-refractivity contribution in [3.8, 4) is 17.0 Å². The zero-order valence-electron chi connectivity index (χ0n) is 20.7. The van der Waals surface area contributed by atoms with Crippen LogP contribution >= 0.6 is 22.9 Å². The summed E-state index contributed by atoms with van der Waals surface area (Å²) in [4.78, 5) is 0. The Morgan fingerprint density at radius 1 is 0.641 bits per heavy atom. The molecule has 0 fully saturated rings. The van der Waals surface area contributed by atoms with Crippen molar-refractivity contribution < 1.29 is 4.42 Å². The second-order valence-corrected chi connectivity index (χ2v) is 11.1. The van der Waals surface area contributed by atoms with E-state index in [-0.39, 0.29) is 0 Å². The lowest BCUT2D eigenvalue weighted by Crippen LogP contribution is -1.93. The molecule has 8 aromatic rings. The number of anilines is 2. The first-order valence-electron chi connectivity index (χ1n) is 12.8. The third-order valence-corrected chi connectivity index (χ3v) is 8.69. The average molecular weight is 541 g/mol. The van der Waals surface area contributed by atoms with Crippen LogP contribution in [0, 0.1) is 0 Å². The summed E-state index contributed by atoms with van der Waals surface area (Å²) in [7, 11) is 0. The van der Waals surface area contributed by atoms with Crippen molar-refractivity contribution in [1.29, 1.82) is 0 Å². The monoisotopic (exact) mass is 540 g/mol. The van der Waals surface area contributed by atoms with Gasteiger partial charge in [-0.2, -0.15) is 0 Å². The summed E-state index contributed by atoms with van der Waals surface area (Å²) in [6.07, 6.45) is 0. The van der Waals surface area contributed by atoms with Crippen molar-refractivity contribution in [2.24, 2.45) is 0 Å². The van der Waals surface area contributed by atoms with E-state index < -0.39 is 0 Å². The summed E-state index contributed by atoms with van der Waals surface area (Å²) < 4.78 is 11.0. The molecule has 186 valence electrons. The third-order valence-electron chi connectivity index (χ3n) is 7.28. The van der Waals surface area contributed by atoms with Crippen molar-refractivity contribution in [3.63, 3.8) is 0 Å². The minimum absolute atomic E-state index is 0.672.